The topological polar surface area (TPSA) is 72.2 Å². The summed E-state index contributed by atoms with van der Waals surface area (Å²) in [7, 11) is -3.66. The number of primary sulfonamides is 1. The van der Waals surface area contributed by atoms with Crippen molar-refractivity contribution in [3.63, 3.8) is 0 Å². The van der Waals surface area contributed by atoms with Crippen molar-refractivity contribution in [2.75, 3.05) is 5.32 Å². The second-order valence-electron chi connectivity index (χ2n) is 4.39. The predicted molar refractivity (Wildman–Crippen MR) is 78.9 cm³/mol. The Morgan fingerprint density at radius 1 is 1.21 bits per heavy atom. The lowest BCUT2D eigenvalue weighted by Crippen LogP contribution is -2.12. The van der Waals surface area contributed by atoms with E-state index in [1.54, 1.807) is 23.5 Å². The number of anilines is 1. The van der Waals surface area contributed by atoms with Crippen molar-refractivity contribution in [2.24, 2.45) is 5.14 Å². The smallest absolute Gasteiger partial charge is 0.238 e. The highest BCUT2D eigenvalue weighted by Crippen LogP contribution is 2.22. The number of hydrogen-bond donors (Lipinski definition) is 2. The lowest BCUT2D eigenvalue weighted by molar-refractivity contribution is 0.598. The maximum atomic E-state index is 11.3. The molecule has 0 radical (unpaired) electrons. The zero-order valence-electron chi connectivity index (χ0n) is 10.8. The molecule has 0 aliphatic heterocycles. The van der Waals surface area contributed by atoms with Crippen molar-refractivity contribution in [1.29, 1.82) is 0 Å². The monoisotopic (exact) mass is 296 g/mol. The van der Waals surface area contributed by atoms with Crippen LogP contribution in [0.15, 0.2) is 35.2 Å². The fourth-order valence-corrected chi connectivity index (χ4v) is 3.10. The molecule has 1 heterocycles. The van der Waals surface area contributed by atoms with Gasteiger partial charge in [0.05, 0.1) is 4.90 Å². The first-order valence-corrected chi connectivity index (χ1v) is 8.15. The van der Waals surface area contributed by atoms with Crippen LogP contribution < -0.4 is 10.5 Å². The lowest BCUT2D eigenvalue weighted by Gasteiger charge is -2.10. The van der Waals surface area contributed by atoms with E-state index in [0.29, 0.717) is 6.54 Å². The number of nitrogens with one attached hydrogen (secondary N) is 1. The van der Waals surface area contributed by atoms with Gasteiger partial charge in [0.15, 0.2) is 0 Å². The molecule has 4 nitrogen and oxygen atoms in total. The summed E-state index contributed by atoms with van der Waals surface area (Å²) in [6, 6.07) is 8.97. The molecule has 0 saturated carbocycles. The van der Waals surface area contributed by atoms with E-state index in [1.165, 1.54) is 15.8 Å². The summed E-state index contributed by atoms with van der Waals surface area (Å²) in [5, 5.41) is 8.38. The van der Waals surface area contributed by atoms with Gasteiger partial charge in [-0.1, -0.05) is 6.07 Å². The normalized spacial score (nSPS) is 11.5. The number of rotatable bonds is 4. The van der Waals surface area contributed by atoms with E-state index in [0.717, 1.165) is 11.3 Å². The molecule has 0 unspecified atom stereocenters. The Morgan fingerprint density at radius 2 is 1.95 bits per heavy atom. The van der Waals surface area contributed by atoms with Crippen LogP contribution in [0, 0.1) is 13.8 Å². The second kappa shape index (κ2) is 5.32. The molecule has 0 fully saturated rings. The highest BCUT2D eigenvalue weighted by atomic mass is 32.2. The van der Waals surface area contributed by atoms with Gasteiger partial charge >= 0.3 is 0 Å². The first-order chi connectivity index (χ1) is 8.86. The van der Waals surface area contributed by atoms with E-state index in [4.69, 9.17) is 5.14 Å². The zero-order chi connectivity index (χ0) is 14.0. The number of hydrogen-bond acceptors (Lipinski definition) is 4. The van der Waals surface area contributed by atoms with Gasteiger partial charge in [-0.25, -0.2) is 13.6 Å². The summed E-state index contributed by atoms with van der Waals surface area (Å²) in [4.78, 5) is 2.59. The highest BCUT2D eigenvalue weighted by Gasteiger charge is 2.10. The largest absolute Gasteiger partial charge is 0.380 e. The van der Waals surface area contributed by atoms with Crippen LogP contribution in [0.2, 0.25) is 0 Å². The summed E-state index contributed by atoms with van der Waals surface area (Å²) in [5.41, 5.74) is 1.78. The van der Waals surface area contributed by atoms with Gasteiger partial charge in [-0.2, -0.15) is 0 Å². The number of sulfonamides is 1. The first-order valence-electron chi connectivity index (χ1n) is 5.79. The van der Waals surface area contributed by atoms with Crippen molar-refractivity contribution < 1.29 is 8.42 Å². The third kappa shape index (κ3) is 3.56. The fraction of sp³-hybridized carbons (Fsp3) is 0.231. The molecule has 2 rings (SSSR count). The van der Waals surface area contributed by atoms with E-state index in [2.05, 4.69) is 24.4 Å². The van der Waals surface area contributed by atoms with Crippen LogP contribution in [0.4, 0.5) is 5.69 Å². The predicted octanol–water partition coefficient (Wildman–Crippen LogP) is 2.62. The average Bonchev–Trinajstić information content (AvgIpc) is 2.72. The molecule has 0 atom stereocenters. The Balaban J connectivity index is 2.20. The van der Waals surface area contributed by atoms with Crippen molar-refractivity contribution in [3.8, 4) is 0 Å². The van der Waals surface area contributed by atoms with Crippen molar-refractivity contribution in [2.45, 2.75) is 25.3 Å². The van der Waals surface area contributed by atoms with E-state index >= 15 is 0 Å². The molecule has 19 heavy (non-hydrogen) atoms. The summed E-state index contributed by atoms with van der Waals surface area (Å²) >= 11 is 1.72. The van der Waals surface area contributed by atoms with Crippen molar-refractivity contribution >= 4 is 27.0 Å². The van der Waals surface area contributed by atoms with E-state index in [9.17, 15) is 8.42 Å². The number of nitrogens with two attached hydrogens (primary N) is 1. The Kier molecular flexibility index (Phi) is 3.93. The lowest BCUT2D eigenvalue weighted by atomic mass is 10.2. The zero-order valence-corrected chi connectivity index (χ0v) is 12.4. The van der Waals surface area contributed by atoms with Crippen molar-refractivity contribution in [1.82, 2.24) is 0 Å². The summed E-state index contributed by atoms with van der Waals surface area (Å²) < 4.78 is 22.7. The molecule has 0 spiro atoms. The molecular weight excluding hydrogens is 280 g/mol. The SMILES string of the molecule is Cc1ccc(CNc2cc(S(N)(=O)=O)ccc2C)s1. The maximum absolute atomic E-state index is 11.3. The minimum absolute atomic E-state index is 0.128. The molecule has 1 aromatic carbocycles. The van der Waals surface area contributed by atoms with Crippen LogP contribution in [0.3, 0.4) is 0 Å². The van der Waals surface area contributed by atoms with Gasteiger partial charge in [-0.05, 0) is 43.7 Å². The average molecular weight is 296 g/mol. The molecule has 102 valence electrons. The van der Waals surface area contributed by atoms with E-state index in [1.807, 2.05) is 6.92 Å². The third-order valence-electron chi connectivity index (χ3n) is 2.79. The third-order valence-corrected chi connectivity index (χ3v) is 4.70. The van der Waals surface area contributed by atoms with Gasteiger partial charge in [-0.3, -0.25) is 0 Å². The van der Waals surface area contributed by atoms with Gasteiger partial charge in [0.25, 0.3) is 0 Å². The fourth-order valence-electron chi connectivity index (χ4n) is 1.73. The summed E-state index contributed by atoms with van der Waals surface area (Å²) in [5.74, 6) is 0. The van der Waals surface area contributed by atoms with E-state index < -0.39 is 10.0 Å². The summed E-state index contributed by atoms with van der Waals surface area (Å²) in [6.07, 6.45) is 0. The Bertz CT molecular complexity index is 690. The number of aryl methyl sites for hydroxylation is 2. The first kappa shape index (κ1) is 14.0. The molecule has 0 saturated heterocycles. The molecule has 0 bridgehead atoms. The number of thiophene rings is 1. The molecular formula is C13H16N2O2S2. The van der Waals surface area contributed by atoms with E-state index in [-0.39, 0.29) is 4.90 Å². The molecule has 0 amide bonds. The Morgan fingerprint density at radius 3 is 2.53 bits per heavy atom. The van der Waals surface area contributed by atoms with Gasteiger partial charge in [0, 0.05) is 22.0 Å². The molecule has 2 aromatic rings. The van der Waals surface area contributed by atoms with Gasteiger partial charge in [-0.15, -0.1) is 11.3 Å². The van der Waals surface area contributed by atoms with Crippen LogP contribution in [0.5, 0.6) is 0 Å². The molecule has 0 aliphatic carbocycles. The minimum atomic E-state index is -3.66. The van der Waals surface area contributed by atoms with Gasteiger partial charge in [0.1, 0.15) is 0 Å². The molecule has 0 aliphatic rings. The molecule has 6 heteroatoms. The Hall–Kier alpha value is -1.37. The van der Waals surface area contributed by atoms with Crippen molar-refractivity contribution in [3.05, 3.63) is 45.6 Å². The van der Waals surface area contributed by atoms with Gasteiger partial charge < -0.3 is 5.32 Å². The minimum Gasteiger partial charge on any atom is -0.380 e. The van der Waals surface area contributed by atoms with Crippen LogP contribution in [-0.2, 0) is 16.6 Å². The molecule has 1 aromatic heterocycles. The maximum Gasteiger partial charge on any atom is 0.238 e. The summed E-state index contributed by atoms with van der Waals surface area (Å²) in [6.45, 7) is 4.66. The van der Waals surface area contributed by atoms with Crippen LogP contribution >= 0.6 is 11.3 Å². The van der Waals surface area contributed by atoms with Crippen LogP contribution in [0.1, 0.15) is 15.3 Å². The van der Waals surface area contributed by atoms with Crippen LogP contribution in [0.25, 0.3) is 0 Å². The quantitative estimate of drug-likeness (QED) is 0.911. The second-order valence-corrected chi connectivity index (χ2v) is 7.32. The number of benzene rings is 1. The molecule has 3 N–H and O–H groups in total. The Labute approximate surface area is 117 Å². The van der Waals surface area contributed by atoms with Crippen LogP contribution in [-0.4, -0.2) is 8.42 Å². The highest BCUT2D eigenvalue weighted by molar-refractivity contribution is 7.89. The van der Waals surface area contributed by atoms with Gasteiger partial charge in [0.2, 0.25) is 10.0 Å². The standard InChI is InChI=1S/C13H16N2O2S2/c1-9-3-6-12(19(14,16)17)7-13(9)15-8-11-5-4-10(2)18-11/h3-7,15H,8H2,1-2H3,(H2,14,16,17).